The van der Waals surface area contributed by atoms with Crippen molar-refractivity contribution in [3.63, 3.8) is 0 Å². The number of hydrogen-bond donors (Lipinski definition) is 1. The van der Waals surface area contributed by atoms with Crippen molar-refractivity contribution in [3.8, 4) is 0 Å². The third-order valence-corrected chi connectivity index (χ3v) is 3.34. The Bertz CT molecular complexity index is 523. The molecule has 0 aromatic carbocycles. The van der Waals surface area contributed by atoms with Gasteiger partial charge in [-0.25, -0.2) is 4.98 Å². The average Bonchev–Trinajstić information content (AvgIpc) is 2.90. The molecule has 1 N–H and O–H groups in total. The maximum atomic E-state index is 4.61. The highest BCUT2D eigenvalue weighted by Gasteiger charge is 2.12. The van der Waals surface area contributed by atoms with Crippen molar-refractivity contribution < 1.29 is 0 Å². The average molecular weight is 247 g/mol. The van der Waals surface area contributed by atoms with Gasteiger partial charge in [0.15, 0.2) is 0 Å². The summed E-state index contributed by atoms with van der Waals surface area (Å²) in [7, 11) is 1.96. The van der Waals surface area contributed by atoms with E-state index < -0.39 is 0 Å². The molecule has 0 bridgehead atoms. The number of aryl methyl sites for hydroxylation is 2. The van der Waals surface area contributed by atoms with Crippen molar-refractivity contribution in [1.29, 1.82) is 0 Å². The van der Waals surface area contributed by atoms with Gasteiger partial charge in [-0.05, 0) is 27.8 Å². The minimum Gasteiger partial charge on any atom is -0.333 e. The highest BCUT2D eigenvalue weighted by atomic mass is 15.3. The second kappa shape index (κ2) is 5.35. The van der Waals surface area contributed by atoms with E-state index in [1.54, 1.807) is 0 Å². The normalized spacial score (nSPS) is 11.1. The summed E-state index contributed by atoms with van der Waals surface area (Å²) < 4.78 is 4.21. The Hall–Kier alpha value is -1.62. The zero-order valence-electron chi connectivity index (χ0n) is 11.6. The molecule has 2 aromatic heterocycles. The molecule has 2 aromatic rings. The first-order valence-electron chi connectivity index (χ1n) is 6.33. The molecule has 98 valence electrons. The molecule has 18 heavy (non-hydrogen) atoms. The van der Waals surface area contributed by atoms with Crippen LogP contribution in [0.15, 0.2) is 12.5 Å². The van der Waals surface area contributed by atoms with Crippen LogP contribution in [0.2, 0.25) is 0 Å². The minimum absolute atomic E-state index is 0.782. The monoisotopic (exact) mass is 247 g/mol. The van der Waals surface area contributed by atoms with Gasteiger partial charge in [-0.15, -0.1) is 0 Å². The summed E-state index contributed by atoms with van der Waals surface area (Å²) in [5.74, 6) is 0. The molecular weight excluding hydrogens is 226 g/mol. The maximum Gasteiger partial charge on any atom is 0.0948 e. The Morgan fingerprint density at radius 2 is 2.11 bits per heavy atom. The van der Waals surface area contributed by atoms with Crippen LogP contribution in [-0.4, -0.2) is 26.4 Å². The first-order chi connectivity index (χ1) is 8.67. The van der Waals surface area contributed by atoms with E-state index in [1.165, 1.54) is 17.0 Å². The van der Waals surface area contributed by atoms with Crippen LogP contribution in [-0.2, 0) is 19.6 Å². The van der Waals surface area contributed by atoms with E-state index in [-0.39, 0.29) is 0 Å². The Balaban J connectivity index is 2.27. The summed E-state index contributed by atoms with van der Waals surface area (Å²) in [5.41, 5.74) is 4.81. The Labute approximate surface area is 108 Å². The molecule has 5 nitrogen and oxygen atoms in total. The van der Waals surface area contributed by atoms with Gasteiger partial charge in [0, 0.05) is 24.3 Å². The summed E-state index contributed by atoms with van der Waals surface area (Å²) in [5, 5.41) is 7.80. The lowest BCUT2D eigenvalue weighted by atomic mass is 10.2. The van der Waals surface area contributed by atoms with E-state index in [0.29, 0.717) is 0 Å². The second-order valence-electron chi connectivity index (χ2n) is 4.51. The highest BCUT2D eigenvalue weighted by molar-refractivity contribution is 5.24. The van der Waals surface area contributed by atoms with Crippen LogP contribution >= 0.6 is 0 Å². The smallest absolute Gasteiger partial charge is 0.0948 e. The molecular formula is C13H21N5. The number of rotatable bonds is 5. The molecule has 2 heterocycles. The quantitative estimate of drug-likeness (QED) is 0.870. The summed E-state index contributed by atoms with van der Waals surface area (Å²) in [4.78, 5) is 4.19. The fraction of sp³-hybridized carbons (Fsp3) is 0.538. The van der Waals surface area contributed by atoms with Gasteiger partial charge < -0.3 is 9.88 Å². The van der Waals surface area contributed by atoms with E-state index in [1.807, 2.05) is 19.6 Å². The van der Waals surface area contributed by atoms with Crippen LogP contribution in [0.4, 0.5) is 0 Å². The zero-order chi connectivity index (χ0) is 13.1. The fourth-order valence-electron chi connectivity index (χ4n) is 2.24. The number of aromatic nitrogens is 4. The van der Waals surface area contributed by atoms with Gasteiger partial charge >= 0.3 is 0 Å². The molecule has 0 aliphatic carbocycles. The van der Waals surface area contributed by atoms with E-state index >= 15 is 0 Å². The lowest BCUT2D eigenvalue weighted by Gasteiger charge is -2.07. The molecule has 0 atom stereocenters. The molecule has 0 saturated heterocycles. The topological polar surface area (TPSA) is 47.7 Å². The largest absolute Gasteiger partial charge is 0.333 e. The molecule has 0 aliphatic rings. The van der Waals surface area contributed by atoms with Gasteiger partial charge in [0.1, 0.15) is 0 Å². The van der Waals surface area contributed by atoms with Crippen molar-refractivity contribution in [2.24, 2.45) is 0 Å². The van der Waals surface area contributed by atoms with Crippen molar-refractivity contribution in [2.75, 3.05) is 7.05 Å². The second-order valence-corrected chi connectivity index (χ2v) is 4.51. The highest BCUT2D eigenvalue weighted by Crippen LogP contribution is 2.14. The Morgan fingerprint density at radius 1 is 1.33 bits per heavy atom. The molecule has 0 radical (unpaired) electrons. The molecule has 0 fully saturated rings. The van der Waals surface area contributed by atoms with Crippen LogP contribution in [0.25, 0.3) is 0 Å². The predicted octanol–water partition coefficient (Wildman–Crippen LogP) is 1.48. The zero-order valence-corrected chi connectivity index (χ0v) is 11.6. The summed E-state index contributed by atoms with van der Waals surface area (Å²) >= 11 is 0. The summed E-state index contributed by atoms with van der Waals surface area (Å²) in [6, 6.07) is 0. The van der Waals surface area contributed by atoms with Gasteiger partial charge in [-0.3, -0.25) is 4.68 Å². The van der Waals surface area contributed by atoms with Crippen LogP contribution in [0.1, 0.15) is 29.6 Å². The molecule has 0 amide bonds. The van der Waals surface area contributed by atoms with Gasteiger partial charge in [-0.2, -0.15) is 5.10 Å². The first-order valence-corrected chi connectivity index (χ1v) is 6.33. The van der Waals surface area contributed by atoms with Crippen molar-refractivity contribution in [1.82, 2.24) is 24.6 Å². The third kappa shape index (κ3) is 2.31. The van der Waals surface area contributed by atoms with Crippen molar-refractivity contribution >= 4 is 0 Å². The van der Waals surface area contributed by atoms with Crippen LogP contribution in [0.5, 0.6) is 0 Å². The summed E-state index contributed by atoms with van der Waals surface area (Å²) in [6.45, 7) is 8.90. The third-order valence-electron chi connectivity index (χ3n) is 3.34. The van der Waals surface area contributed by atoms with Crippen LogP contribution in [0, 0.1) is 13.8 Å². The number of nitrogens with one attached hydrogen (secondary N) is 1. The summed E-state index contributed by atoms with van der Waals surface area (Å²) in [6.07, 6.45) is 3.78. The maximum absolute atomic E-state index is 4.61. The number of nitrogens with zero attached hydrogens (tertiary/aromatic N) is 4. The van der Waals surface area contributed by atoms with E-state index in [0.717, 1.165) is 25.3 Å². The predicted molar refractivity (Wildman–Crippen MR) is 71.5 cm³/mol. The van der Waals surface area contributed by atoms with Crippen molar-refractivity contribution in [2.45, 2.75) is 40.4 Å². The van der Waals surface area contributed by atoms with Crippen LogP contribution < -0.4 is 5.32 Å². The Kier molecular flexibility index (Phi) is 3.81. The lowest BCUT2D eigenvalue weighted by Crippen LogP contribution is -2.10. The van der Waals surface area contributed by atoms with Gasteiger partial charge in [0.25, 0.3) is 0 Å². The number of hydrogen-bond acceptors (Lipinski definition) is 3. The SMILES string of the molecule is CCn1cncc1Cn1nc(C)c(CNC)c1C. The fourth-order valence-corrected chi connectivity index (χ4v) is 2.24. The standard InChI is InChI=1S/C13H21N5/c1-5-17-9-15-6-12(17)8-18-11(3)13(7-14-4)10(2)16-18/h6,9,14H,5,7-8H2,1-4H3. The van der Waals surface area contributed by atoms with Crippen molar-refractivity contribution in [3.05, 3.63) is 35.2 Å². The van der Waals surface area contributed by atoms with E-state index in [9.17, 15) is 0 Å². The lowest BCUT2D eigenvalue weighted by molar-refractivity contribution is 0.605. The van der Waals surface area contributed by atoms with Gasteiger partial charge in [0.2, 0.25) is 0 Å². The molecule has 0 aliphatic heterocycles. The molecule has 0 spiro atoms. The molecule has 5 heteroatoms. The van der Waals surface area contributed by atoms with Crippen LogP contribution in [0.3, 0.4) is 0 Å². The van der Waals surface area contributed by atoms with E-state index in [4.69, 9.17) is 0 Å². The van der Waals surface area contributed by atoms with Gasteiger partial charge in [-0.1, -0.05) is 0 Å². The number of imidazole rings is 1. The van der Waals surface area contributed by atoms with E-state index in [2.05, 4.69) is 45.4 Å². The first kappa shape index (κ1) is 12.8. The Morgan fingerprint density at radius 3 is 2.78 bits per heavy atom. The molecule has 0 unspecified atom stereocenters. The minimum atomic E-state index is 0.782. The molecule has 0 saturated carbocycles. The molecule has 2 rings (SSSR count). The van der Waals surface area contributed by atoms with Gasteiger partial charge in [0.05, 0.1) is 30.5 Å².